The van der Waals surface area contributed by atoms with E-state index < -0.39 is 0 Å². The average molecular weight is 404 g/mol. The summed E-state index contributed by atoms with van der Waals surface area (Å²) in [5.74, 6) is 0.398. The zero-order valence-electron chi connectivity index (χ0n) is 14.8. The van der Waals surface area contributed by atoms with Crippen LogP contribution in [-0.2, 0) is 19.7 Å². The number of carbonyl (C=O) groups excluding carboxylic acids is 1. The summed E-state index contributed by atoms with van der Waals surface area (Å²) in [6.45, 7) is 3.54. The van der Waals surface area contributed by atoms with Gasteiger partial charge in [0, 0.05) is 35.4 Å². The molecule has 2 aromatic carbocycles. The molecule has 1 aromatic heterocycles. The van der Waals surface area contributed by atoms with Crippen LogP contribution >= 0.6 is 23.2 Å². The van der Waals surface area contributed by atoms with Gasteiger partial charge in [-0.3, -0.25) is 9.48 Å². The van der Waals surface area contributed by atoms with E-state index in [1.54, 1.807) is 36.5 Å². The summed E-state index contributed by atoms with van der Waals surface area (Å²) in [5.41, 5.74) is 2.40. The van der Waals surface area contributed by atoms with E-state index in [4.69, 9.17) is 27.9 Å². The maximum Gasteiger partial charge on any atom is 0.251 e. The number of aryl methyl sites for hydroxylation is 1. The maximum absolute atomic E-state index is 12.4. The third kappa shape index (κ3) is 5.25. The Labute approximate surface area is 167 Å². The lowest BCUT2D eigenvalue weighted by atomic mass is 10.1. The van der Waals surface area contributed by atoms with Crippen molar-refractivity contribution in [1.82, 2.24) is 15.1 Å². The van der Waals surface area contributed by atoms with Crippen molar-refractivity contribution in [3.8, 4) is 5.75 Å². The van der Waals surface area contributed by atoms with Gasteiger partial charge in [-0.15, -0.1) is 0 Å². The van der Waals surface area contributed by atoms with E-state index in [1.165, 1.54) is 0 Å². The molecule has 7 heteroatoms. The minimum atomic E-state index is -0.148. The fourth-order valence-corrected chi connectivity index (χ4v) is 2.97. The molecule has 0 radical (unpaired) electrons. The lowest BCUT2D eigenvalue weighted by Gasteiger charge is -2.10. The minimum absolute atomic E-state index is 0.148. The number of aromatic nitrogens is 2. The normalized spacial score (nSPS) is 10.6. The van der Waals surface area contributed by atoms with E-state index in [1.807, 2.05) is 29.9 Å². The van der Waals surface area contributed by atoms with E-state index in [9.17, 15) is 4.79 Å². The van der Waals surface area contributed by atoms with Crippen molar-refractivity contribution in [2.24, 2.45) is 0 Å². The number of nitrogens with zero attached hydrogens (tertiary/aromatic N) is 2. The number of carbonyl (C=O) groups is 1. The van der Waals surface area contributed by atoms with Crippen LogP contribution in [-0.4, -0.2) is 15.7 Å². The first-order valence-electron chi connectivity index (χ1n) is 8.51. The number of halogens is 2. The van der Waals surface area contributed by atoms with Gasteiger partial charge in [-0.25, -0.2) is 0 Å². The van der Waals surface area contributed by atoms with Crippen LogP contribution in [0.5, 0.6) is 5.75 Å². The number of rotatable bonds is 7. The van der Waals surface area contributed by atoms with Crippen molar-refractivity contribution in [3.05, 3.63) is 81.6 Å². The van der Waals surface area contributed by atoms with Crippen molar-refractivity contribution in [1.29, 1.82) is 0 Å². The van der Waals surface area contributed by atoms with Crippen LogP contribution in [0.2, 0.25) is 10.0 Å². The summed E-state index contributed by atoms with van der Waals surface area (Å²) in [7, 11) is 0. The van der Waals surface area contributed by atoms with Crippen LogP contribution < -0.4 is 10.1 Å². The SMILES string of the molecule is CCn1cc(CNC(=O)c2cccc(COc3ccc(Cl)cc3Cl)c2)cn1. The van der Waals surface area contributed by atoms with E-state index in [0.29, 0.717) is 34.5 Å². The number of hydrogen-bond donors (Lipinski definition) is 1. The largest absolute Gasteiger partial charge is 0.487 e. The second kappa shape index (κ2) is 8.93. The Kier molecular flexibility index (Phi) is 6.37. The van der Waals surface area contributed by atoms with Crippen LogP contribution in [0.4, 0.5) is 0 Å². The van der Waals surface area contributed by atoms with Crippen LogP contribution in [0.1, 0.15) is 28.4 Å². The van der Waals surface area contributed by atoms with Crippen molar-refractivity contribution in [2.45, 2.75) is 26.6 Å². The quantitative estimate of drug-likeness (QED) is 0.620. The Hall–Kier alpha value is -2.50. The molecule has 0 aliphatic carbocycles. The second-order valence-electron chi connectivity index (χ2n) is 5.95. The standard InChI is InChI=1S/C20H19Cl2N3O2/c1-2-25-12-15(11-24-25)10-23-20(26)16-5-3-4-14(8-16)13-27-19-7-6-17(21)9-18(19)22/h3-9,11-12H,2,10,13H2,1H3,(H,23,26). The molecule has 1 heterocycles. The monoisotopic (exact) mass is 403 g/mol. The number of nitrogens with one attached hydrogen (secondary N) is 1. The molecular weight excluding hydrogens is 385 g/mol. The van der Waals surface area contributed by atoms with Gasteiger partial charge in [0.1, 0.15) is 12.4 Å². The fraction of sp³-hybridized carbons (Fsp3) is 0.200. The average Bonchev–Trinajstić information content (AvgIpc) is 3.14. The van der Waals surface area contributed by atoms with Gasteiger partial charge in [0.15, 0.2) is 0 Å². The number of amides is 1. The summed E-state index contributed by atoms with van der Waals surface area (Å²) in [5, 5.41) is 8.09. The molecule has 27 heavy (non-hydrogen) atoms. The first kappa shape index (κ1) is 19.3. The zero-order chi connectivity index (χ0) is 19.2. The molecule has 0 atom stereocenters. The van der Waals surface area contributed by atoms with Gasteiger partial charge in [-0.1, -0.05) is 35.3 Å². The molecule has 3 rings (SSSR count). The molecule has 0 aliphatic rings. The Morgan fingerprint density at radius 2 is 2.04 bits per heavy atom. The molecule has 140 valence electrons. The number of ether oxygens (including phenoxy) is 1. The summed E-state index contributed by atoms with van der Waals surface area (Å²) in [6, 6.07) is 12.4. The molecule has 0 aliphatic heterocycles. The molecule has 3 aromatic rings. The molecule has 0 fully saturated rings. The first-order chi connectivity index (χ1) is 13.0. The van der Waals surface area contributed by atoms with Gasteiger partial charge in [-0.05, 0) is 42.8 Å². The lowest BCUT2D eigenvalue weighted by Crippen LogP contribution is -2.22. The van der Waals surface area contributed by atoms with Crippen molar-refractivity contribution in [2.75, 3.05) is 0 Å². The summed E-state index contributed by atoms with van der Waals surface area (Å²) >= 11 is 12.0. The first-order valence-corrected chi connectivity index (χ1v) is 9.27. The molecule has 0 saturated carbocycles. The second-order valence-corrected chi connectivity index (χ2v) is 6.79. The fourth-order valence-electron chi connectivity index (χ4n) is 2.51. The van der Waals surface area contributed by atoms with E-state index in [-0.39, 0.29) is 5.91 Å². The van der Waals surface area contributed by atoms with Crippen molar-refractivity contribution < 1.29 is 9.53 Å². The molecule has 5 nitrogen and oxygen atoms in total. The van der Waals surface area contributed by atoms with Gasteiger partial charge in [0.25, 0.3) is 5.91 Å². The zero-order valence-corrected chi connectivity index (χ0v) is 16.3. The predicted octanol–water partition coefficient (Wildman–Crippen LogP) is 4.72. The van der Waals surface area contributed by atoms with Crippen LogP contribution in [0.15, 0.2) is 54.9 Å². The number of hydrogen-bond acceptors (Lipinski definition) is 3. The Balaban J connectivity index is 1.59. The Bertz CT molecular complexity index is 940. The van der Waals surface area contributed by atoms with E-state index in [0.717, 1.165) is 17.7 Å². The molecule has 0 bridgehead atoms. The van der Waals surface area contributed by atoms with Gasteiger partial charge in [-0.2, -0.15) is 5.10 Å². The van der Waals surface area contributed by atoms with Gasteiger partial charge in [0.05, 0.1) is 11.2 Å². The van der Waals surface area contributed by atoms with Crippen LogP contribution in [0.25, 0.3) is 0 Å². The minimum Gasteiger partial charge on any atom is -0.487 e. The summed E-state index contributed by atoms with van der Waals surface area (Å²) in [6.07, 6.45) is 3.67. The third-order valence-electron chi connectivity index (χ3n) is 3.94. The Morgan fingerprint density at radius 1 is 1.19 bits per heavy atom. The highest BCUT2D eigenvalue weighted by atomic mass is 35.5. The van der Waals surface area contributed by atoms with Crippen molar-refractivity contribution in [3.63, 3.8) is 0 Å². The highest BCUT2D eigenvalue weighted by molar-refractivity contribution is 6.35. The number of benzene rings is 2. The van der Waals surface area contributed by atoms with Crippen molar-refractivity contribution >= 4 is 29.1 Å². The highest BCUT2D eigenvalue weighted by Crippen LogP contribution is 2.28. The molecule has 0 spiro atoms. The molecule has 1 amide bonds. The third-order valence-corrected chi connectivity index (χ3v) is 4.47. The summed E-state index contributed by atoms with van der Waals surface area (Å²) < 4.78 is 7.54. The maximum atomic E-state index is 12.4. The van der Waals surface area contributed by atoms with Gasteiger partial charge < -0.3 is 10.1 Å². The predicted molar refractivity (Wildman–Crippen MR) is 106 cm³/mol. The van der Waals surface area contributed by atoms with E-state index >= 15 is 0 Å². The molecule has 0 unspecified atom stereocenters. The van der Waals surface area contributed by atoms with Crippen LogP contribution in [0, 0.1) is 0 Å². The molecule has 1 N–H and O–H groups in total. The highest BCUT2D eigenvalue weighted by Gasteiger charge is 2.08. The molecule has 0 saturated heterocycles. The van der Waals surface area contributed by atoms with Crippen LogP contribution in [0.3, 0.4) is 0 Å². The lowest BCUT2D eigenvalue weighted by molar-refractivity contribution is 0.0950. The van der Waals surface area contributed by atoms with E-state index in [2.05, 4.69) is 10.4 Å². The summed E-state index contributed by atoms with van der Waals surface area (Å²) in [4.78, 5) is 12.4. The molecular formula is C20H19Cl2N3O2. The smallest absolute Gasteiger partial charge is 0.251 e. The topological polar surface area (TPSA) is 56.2 Å². The van der Waals surface area contributed by atoms with Gasteiger partial charge in [0.2, 0.25) is 0 Å². The Morgan fingerprint density at radius 3 is 2.78 bits per heavy atom. The van der Waals surface area contributed by atoms with Gasteiger partial charge >= 0.3 is 0 Å².